The van der Waals surface area contributed by atoms with Gasteiger partial charge >= 0.3 is 5.97 Å². The van der Waals surface area contributed by atoms with E-state index in [0.717, 1.165) is 5.56 Å². The fraction of sp³-hybridized carbons (Fsp3) is 0.231. The standard InChI is InChI=1S/C13H15NO2/c1-11-5-2-3-6-12(11)7-4-9-14-10-8-13(15)16/h2-7,9H,8,10H2,1H3,(H,15,16)/b7-4-,14-9?. The van der Waals surface area contributed by atoms with Crippen molar-refractivity contribution in [2.24, 2.45) is 4.99 Å². The van der Waals surface area contributed by atoms with Crippen molar-refractivity contribution in [1.29, 1.82) is 0 Å². The Morgan fingerprint density at radius 3 is 2.88 bits per heavy atom. The first-order valence-corrected chi connectivity index (χ1v) is 5.14. The molecule has 0 aliphatic rings. The summed E-state index contributed by atoms with van der Waals surface area (Å²) in [4.78, 5) is 14.2. The van der Waals surface area contributed by atoms with Crippen molar-refractivity contribution in [3.63, 3.8) is 0 Å². The van der Waals surface area contributed by atoms with E-state index >= 15 is 0 Å². The van der Waals surface area contributed by atoms with E-state index < -0.39 is 5.97 Å². The molecule has 0 amide bonds. The minimum absolute atomic E-state index is 0.0781. The van der Waals surface area contributed by atoms with Crippen molar-refractivity contribution >= 4 is 18.3 Å². The van der Waals surface area contributed by atoms with Crippen molar-refractivity contribution in [3.8, 4) is 0 Å². The lowest BCUT2D eigenvalue weighted by atomic mass is 10.1. The molecule has 1 N–H and O–H groups in total. The molecule has 0 aliphatic heterocycles. The van der Waals surface area contributed by atoms with E-state index in [1.165, 1.54) is 5.56 Å². The van der Waals surface area contributed by atoms with Crippen LogP contribution in [0.1, 0.15) is 17.5 Å². The van der Waals surface area contributed by atoms with Gasteiger partial charge in [-0.05, 0) is 24.1 Å². The number of hydrogen-bond donors (Lipinski definition) is 1. The topological polar surface area (TPSA) is 49.7 Å². The first kappa shape index (κ1) is 12.2. The maximum absolute atomic E-state index is 10.2. The quantitative estimate of drug-likeness (QED) is 0.770. The lowest BCUT2D eigenvalue weighted by molar-refractivity contribution is -0.136. The summed E-state index contributed by atoms with van der Waals surface area (Å²) in [5.74, 6) is -0.819. The third-order valence-corrected chi connectivity index (χ3v) is 2.11. The summed E-state index contributed by atoms with van der Waals surface area (Å²) in [5.41, 5.74) is 2.35. The molecule has 0 spiro atoms. The first-order chi connectivity index (χ1) is 7.70. The van der Waals surface area contributed by atoms with Gasteiger partial charge in [0.25, 0.3) is 0 Å². The molecule has 1 aromatic carbocycles. The number of carbonyl (C=O) groups is 1. The molecule has 0 radical (unpaired) electrons. The van der Waals surface area contributed by atoms with Crippen LogP contribution in [0.5, 0.6) is 0 Å². The van der Waals surface area contributed by atoms with Crippen molar-refractivity contribution in [1.82, 2.24) is 0 Å². The fourth-order valence-corrected chi connectivity index (χ4v) is 1.22. The van der Waals surface area contributed by atoms with E-state index in [-0.39, 0.29) is 6.42 Å². The summed E-state index contributed by atoms with van der Waals surface area (Å²) in [6, 6.07) is 8.04. The Hall–Kier alpha value is -1.90. The molecule has 0 aromatic heterocycles. The highest BCUT2D eigenvalue weighted by Gasteiger charge is 1.91. The van der Waals surface area contributed by atoms with Gasteiger partial charge in [-0.3, -0.25) is 9.79 Å². The number of aryl methyl sites for hydroxylation is 1. The summed E-state index contributed by atoms with van der Waals surface area (Å²) in [7, 11) is 0. The van der Waals surface area contributed by atoms with Crippen LogP contribution >= 0.6 is 0 Å². The normalized spacial score (nSPS) is 11.3. The highest BCUT2D eigenvalue weighted by Crippen LogP contribution is 2.07. The lowest BCUT2D eigenvalue weighted by Gasteiger charge is -1.96. The summed E-state index contributed by atoms with van der Waals surface area (Å²) < 4.78 is 0. The Morgan fingerprint density at radius 2 is 2.19 bits per heavy atom. The van der Waals surface area contributed by atoms with Gasteiger partial charge in [-0.25, -0.2) is 0 Å². The summed E-state index contributed by atoms with van der Waals surface area (Å²) >= 11 is 0. The Morgan fingerprint density at radius 1 is 1.44 bits per heavy atom. The maximum atomic E-state index is 10.2. The molecule has 1 rings (SSSR count). The van der Waals surface area contributed by atoms with Gasteiger partial charge in [-0.15, -0.1) is 0 Å². The number of allylic oxidation sites excluding steroid dienone is 1. The van der Waals surface area contributed by atoms with Gasteiger partial charge in [0.15, 0.2) is 0 Å². The molecule has 0 heterocycles. The van der Waals surface area contributed by atoms with Crippen LogP contribution in [0.2, 0.25) is 0 Å². The van der Waals surface area contributed by atoms with Gasteiger partial charge < -0.3 is 5.11 Å². The second-order valence-electron chi connectivity index (χ2n) is 3.41. The van der Waals surface area contributed by atoms with Gasteiger partial charge in [0.2, 0.25) is 0 Å². The zero-order valence-electron chi connectivity index (χ0n) is 9.26. The highest BCUT2D eigenvalue weighted by molar-refractivity contribution is 5.79. The predicted molar refractivity (Wildman–Crippen MR) is 65.8 cm³/mol. The number of carboxylic acids is 1. The van der Waals surface area contributed by atoms with Crippen molar-refractivity contribution in [2.75, 3.05) is 6.54 Å². The van der Waals surface area contributed by atoms with Crippen LogP contribution in [0.15, 0.2) is 35.3 Å². The smallest absolute Gasteiger partial charge is 0.305 e. The fourth-order valence-electron chi connectivity index (χ4n) is 1.22. The number of hydrogen-bond acceptors (Lipinski definition) is 2. The average molecular weight is 217 g/mol. The SMILES string of the molecule is Cc1ccccc1/C=C\C=NCCC(=O)O. The molecule has 0 atom stereocenters. The maximum Gasteiger partial charge on any atom is 0.305 e. The van der Waals surface area contributed by atoms with E-state index in [1.807, 2.05) is 43.3 Å². The number of aliphatic imine (C=N–C) groups is 1. The molecule has 0 unspecified atom stereocenters. The van der Waals surface area contributed by atoms with Crippen molar-refractivity contribution in [3.05, 3.63) is 41.5 Å². The van der Waals surface area contributed by atoms with Gasteiger partial charge in [0.1, 0.15) is 0 Å². The molecule has 3 heteroatoms. The van der Waals surface area contributed by atoms with Crippen LogP contribution in [0, 0.1) is 6.92 Å². The lowest BCUT2D eigenvalue weighted by Crippen LogP contribution is -1.96. The van der Waals surface area contributed by atoms with Crippen LogP contribution in [0.4, 0.5) is 0 Å². The Bertz CT molecular complexity index is 408. The van der Waals surface area contributed by atoms with Gasteiger partial charge in [0.05, 0.1) is 6.42 Å². The second-order valence-corrected chi connectivity index (χ2v) is 3.41. The third kappa shape index (κ3) is 4.55. The van der Waals surface area contributed by atoms with E-state index in [4.69, 9.17) is 5.11 Å². The number of carboxylic acid groups (broad SMARTS) is 1. The Labute approximate surface area is 95.1 Å². The molecule has 3 nitrogen and oxygen atoms in total. The Kier molecular flexibility index (Phi) is 4.99. The summed E-state index contributed by atoms with van der Waals surface area (Å²) in [6.07, 6.45) is 5.49. The second kappa shape index (κ2) is 6.56. The minimum Gasteiger partial charge on any atom is -0.481 e. The van der Waals surface area contributed by atoms with E-state index in [1.54, 1.807) is 6.21 Å². The average Bonchev–Trinajstić information content (AvgIpc) is 2.25. The van der Waals surface area contributed by atoms with Crippen LogP contribution in [-0.4, -0.2) is 23.8 Å². The Balaban J connectivity index is 2.43. The molecule has 84 valence electrons. The number of aliphatic carboxylic acids is 1. The molecular formula is C13H15NO2. The summed E-state index contributed by atoms with van der Waals surface area (Å²) in [5, 5.41) is 8.39. The van der Waals surface area contributed by atoms with E-state index in [2.05, 4.69) is 4.99 Å². The molecule has 0 fully saturated rings. The van der Waals surface area contributed by atoms with Gasteiger partial charge in [0, 0.05) is 12.8 Å². The highest BCUT2D eigenvalue weighted by atomic mass is 16.4. The van der Waals surface area contributed by atoms with Crippen molar-refractivity contribution in [2.45, 2.75) is 13.3 Å². The number of benzene rings is 1. The predicted octanol–water partition coefficient (Wildman–Crippen LogP) is 2.55. The van der Waals surface area contributed by atoms with Crippen molar-refractivity contribution < 1.29 is 9.90 Å². The molecule has 0 bridgehead atoms. The molecule has 0 saturated heterocycles. The molecule has 16 heavy (non-hydrogen) atoms. The van der Waals surface area contributed by atoms with Crippen LogP contribution in [-0.2, 0) is 4.79 Å². The number of rotatable bonds is 5. The van der Waals surface area contributed by atoms with Crippen LogP contribution in [0.3, 0.4) is 0 Å². The van der Waals surface area contributed by atoms with Crippen LogP contribution < -0.4 is 0 Å². The first-order valence-electron chi connectivity index (χ1n) is 5.14. The largest absolute Gasteiger partial charge is 0.481 e. The van der Waals surface area contributed by atoms with Crippen LogP contribution in [0.25, 0.3) is 6.08 Å². The zero-order valence-corrected chi connectivity index (χ0v) is 9.26. The number of nitrogens with zero attached hydrogens (tertiary/aromatic N) is 1. The van der Waals surface area contributed by atoms with E-state index in [9.17, 15) is 4.79 Å². The zero-order chi connectivity index (χ0) is 11.8. The van der Waals surface area contributed by atoms with E-state index in [0.29, 0.717) is 6.54 Å². The molecule has 1 aromatic rings. The monoisotopic (exact) mass is 217 g/mol. The third-order valence-electron chi connectivity index (χ3n) is 2.11. The van der Waals surface area contributed by atoms with Gasteiger partial charge in [-0.2, -0.15) is 0 Å². The molecule has 0 saturated carbocycles. The minimum atomic E-state index is -0.819. The van der Waals surface area contributed by atoms with Gasteiger partial charge in [-0.1, -0.05) is 30.3 Å². The molecule has 0 aliphatic carbocycles. The molecular weight excluding hydrogens is 202 g/mol. The summed E-state index contributed by atoms with van der Waals surface area (Å²) in [6.45, 7) is 2.37.